The number of hydrogen-bond acceptors (Lipinski definition) is 12. The second-order valence-electron chi connectivity index (χ2n) is 5.24. The highest BCUT2D eigenvalue weighted by molar-refractivity contribution is 6.47. The van der Waals surface area contributed by atoms with Crippen molar-refractivity contribution in [2.45, 2.75) is 63.5 Å². The van der Waals surface area contributed by atoms with Crippen molar-refractivity contribution in [1.82, 2.24) is 0 Å². The van der Waals surface area contributed by atoms with Gasteiger partial charge in [0.2, 0.25) is 0 Å². The second-order valence-corrected chi connectivity index (χ2v) is 7.11. The summed E-state index contributed by atoms with van der Waals surface area (Å²) in [6.07, 6.45) is -1.05. The van der Waals surface area contributed by atoms with E-state index in [1.54, 1.807) is 0 Å². The average molecular weight is 372 g/mol. The van der Waals surface area contributed by atoms with Crippen LogP contribution in [-0.4, -0.2) is 80.9 Å². The largest absolute Gasteiger partial charge is 0.391 e. The zero-order chi connectivity index (χ0) is 17.1. The van der Waals surface area contributed by atoms with Crippen molar-refractivity contribution in [3.63, 3.8) is 0 Å². The quantitative estimate of drug-likeness (QED) is 0.299. The number of rotatable bonds is 4. The van der Waals surface area contributed by atoms with Crippen molar-refractivity contribution in [1.29, 1.82) is 0 Å². The smallest absolute Gasteiger partial charge is 0.328 e. The third-order valence-corrected chi connectivity index (χ3v) is 5.54. The van der Waals surface area contributed by atoms with Crippen LogP contribution in [0.3, 0.4) is 0 Å². The molecule has 4 bridgehead atoms. The molecule has 0 radical (unpaired) electrons. The summed E-state index contributed by atoms with van der Waals surface area (Å²) in [5.74, 6) is 0. The van der Waals surface area contributed by atoms with Crippen LogP contribution in [0, 0.1) is 0 Å². The van der Waals surface area contributed by atoms with Crippen LogP contribution in [0.25, 0.3) is 0 Å². The van der Waals surface area contributed by atoms with Crippen LogP contribution >= 0.6 is 0 Å². The van der Waals surface area contributed by atoms with E-state index >= 15 is 0 Å². The summed E-state index contributed by atoms with van der Waals surface area (Å²) in [6, 6.07) is 0.550. The number of hydrogen-bond donors (Lipinski definition) is 4. The monoisotopic (exact) mass is 372 g/mol. The maximum absolute atomic E-state index is 8.92. The van der Waals surface area contributed by atoms with Crippen LogP contribution in [0.1, 0.15) is 12.8 Å². The molecule has 0 spiro atoms. The van der Waals surface area contributed by atoms with Gasteiger partial charge in [-0.2, -0.15) is 0 Å². The minimum absolute atomic E-state index is 0.0788. The first-order valence-electron chi connectivity index (χ1n) is 7.40. The van der Waals surface area contributed by atoms with Gasteiger partial charge >= 0.3 is 9.28 Å². The Morgan fingerprint density at radius 2 is 1.42 bits per heavy atom. The number of ether oxygens (including phenoxy) is 6. The minimum Gasteiger partial charge on any atom is -0.391 e. The zero-order valence-electron chi connectivity index (χ0n) is 12.5. The van der Waals surface area contributed by atoms with Crippen molar-refractivity contribution in [2.75, 3.05) is 6.61 Å². The van der Waals surface area contributed by atoms with Crippen molar-refractivity contribution < 1.29 is 57.7 Å². The Labute approximate surface area is 138 Å². The molecule has 13 heteroatoms. The molecule has 0 aromatic carbocycles. The van der Waals surface area contributed by atoms with Gasteiger partial charge < -0.3 is 43.5 Å². The summed E-state index contributed by atoms with van der Waals surface area (Å²) in [5, 5.41) is 35.7. The van der Waals surface area contributed by atoms with E-state index in [4.69, 9.17) is 57.7 Å². The van der Waals surface area contributed by atoms with Crippen molar-refractivity contribution in [3.8, 4) is 0 Å². The molecule has 4 aliphatic heterocycles. The number of aliphatic hydroxyl groups excluding tert-OH is 2. The summed E-state index contributed by atoms with van der Waals surface area (Å²) < 4.78 is 41.8. The third-order valence-electron chi connectivity index (χ3n) is 3.41. The Morgan fingerprint density at radius 1 is 0.833 bits per heavy atom. The van der Waals surface area contributed by atoms with Crippen LogP contribution in [0.4, 0.5) is 0 Å². The Hall–Kier alpha value is -0.263. The second kappa shape index (κ2) is 8.41. The van der Waals surface area contributed by atoms with E-state index in [0.29, 0.717) is 18.9 Å². The predicted octanol–water partition coefficient (Wildman–Crippen LogP) is -2.71. The summed E-state index contributed by atoms with van der Waals surface area (Å²) in [4.78, 5) is 0. The van der Waals surface area contributed by atoms with E-state index in [-0.39, 0.29) is 12.7 Å². The predicted molar refractivity (Wildman–Crippen MR) is 70.1 cm³/mol. The van der Waals surface area contributed by atoms with E-state index in [0.717, 1.165) is 0 Å². The van der Waals surface area contributed by atoms with Gasteiger partial charge in [-0.05, 0) is 0 Å². The molecule has 4 heterocycles. The van der Waals surface area contributed by atoms with E-state index in [1.807, 2.05) is 0 Å². The van der Waals surface area contributed by atoms with Gasteiger partial charge in [0.1, 0.15) is 0 Å². The minimum atomic E-state index is -2.10. The summed E-state index contributed by atoms with van der Waals surface area (Å²) in [6.45, 7) is -6.77. The standard InChI is InChI=1S/C11H20O12Si/c12-8(13)20-10-16-3-5-4-24(22-5)23-11(21-9(14)15)19-7-2-1-6(17-7)18-10/h5-15,24H,1-4H2. The molecule has 4 fully saturated rings. The number of fused-ring (bicyclic) bond motifs is 5. The maximum Gasteiger partial charge on any atom is 0.328 e. The fourth-order valence-corrected chi connectivity index (χ4v) is 3.96. The molecule has 4 saturated heterocycles. The molecule has 4 N–H and O–H groups in total. The van der Waals surface area contributed by atoms with Gasteiger partial charge in [-0.3, -0.25) is 14.2 Å². The molecule has 0 aromatic heterocycles. The summed E-state index contributed by atoms with van der Waals surface area (Å²) in [7, 11) is -2.10. The topological polar surface area (TPSA) is 155 Å². The summed E-state index contributed by atoms with van der Waals surface area (Å²) >= 11 is 0. The molecule has 4 aliphatic rings. The lowest BCUT2D eigenvalue weighted by molar-refractivity contribution is -0.416. The Balaban J connectivity index is 1.62. The molecule has 4 rings (SSSR count). The molecule has 6 unspecified atom stereocenters. The van der Waals surface area contributed by atoms with Gasteiger partial charge in [0.05, 0.1) is 12.7 Å². The Bertz CT molecular complexity index is 391. The van der Waals surface area contributed by atoms with Gasteiger partial charge in [0.15, 0.2) is 12.6 Å². The molecule has 0 aliphatic carbocycles. The van der Waals surface area contributed by atoms with Crippen molar-refractivity contribution in [3.05, 3.63) is 0 Å². The van der Waals surface area contributed by atoms with Crippen LogP contribution in [-0.2, 0) is 37.3 Å². The molecule has 24 heavy (non-hydrogen) atoms. The SMILES string of the molecule is OC(O)OC1OCC2C[SiH](O2)OC(OC(O)O)OC2CCC(O2)O1. The van der Waals surface area contributed by atoms with Gasteiger partial charge in [-0.15, -0.1) is 0 Å². The molecular formula is C11H20O12Si. The highest BCUT2D eigenvalue weighted by Gasteiger charge is 2.40. The molecule has 12 nitrogen and oxygen atoms in total. The Morgan fingerprint density at radius 3 is 2.04 bits per heavy atom. The Kier molecular flexibility index (Phi) is 6.49. The van der Waals surface area contributed by atoms with Crippen molar-refractivity contribution in [2.24, 2.45) is 0 Å². The lowest BCUT2D eigenvalue weighted by atomic mass is 10.3. The molecular weight excluding hydrogens is 352 g/mol. The lowest BCUT2D eigenvalue weighted by Crippen LogP contribution is -2.49. The first kappa shape index (κ1) is 18.5. The van der Waals surface area contributed by atoms with Crippen LogP contribution in [0.5, 0.6) is 0 Å². The van der Waals surface area contributed by atoms with E-state index in [1.165, 1.54) is 0 Å². The fourth-order valence-electron chi connectivity index (χ4n) is 2.35. The van der Waals surface area contributed by atoms with E-state index in [2.05, 4.69) is 0 Å². The lowest BCUT2D eigenvalue weighted by Gasteiger charge is -2.36. The fraction of sp³-hybridized carbons (Fsp3) is 1.00. The van der Waals surface area contributed by atoms with Gasteiger partial charge in [0, 0.05) is 18.9 Å². The number of aliphatic hydroxyl groups is 4. The molecule has 0 amide bonds. The first-order chi connectivity index (χ1) is 11.5. The maximum atomic E-state index is 8.92. The molecule has 0 saturated carbocycles. The van der Waals surface area contributed by atoms with E-state index < -0.39 is 47.8 Å². The first-order valence-corrected chi connectivity index (χ1v) is 9.16. The third kappa shape index (κ3) is 5.37. The zero-order valence-corrected chi connectivity index (χ0v) is 13.7. The summed E-state index contributed by atoms with van der Waals surface area (Å²) in [5.41, 5.74) is 0. The highest BCUT2D eigenvalue weighted by Crippen LogP contribution is 2.28. The van der Waals surface area contributed by atoms with Crippen LogP contribution in [0.15, 0.2) is 0 Å². The van der Waals surface area contributed by atoms with Crippen LogP contribution < -0.4 is 0 Å². The normalized spacial score (nSPS) is 40.8. The van der Waals surface area contributed by atoms with Crippen LogP contribution in [0.2, 0.25) is 6.04 Å². The highest BCUT2D eigenvalue weighted by atomic mass is 28.3. The van der Waals surface area contributed by atoms with Gasteiger partial charge in [-0.25, -0.2) is 0 Å². The van der Waals surface area contributed by atoms with Crippen molar-refractivity contribution >= 4 is 9.28 Å². The van der Waals surface area contributed by atoms with Gasteiger partial charge in [0.25, 0.3) is 25.9 Å². The van der Waals surface area contributed by atoms with Gasteiger partial charge in [-0.1, -0.05) is 0 Å². The molecule has 0 aromatic rings. The molecule has 140 valence electrons. The average Bonchev–Trinajstić information content (AvgIpc) is 2.86. The van der Waals surface area contributed by atoms with E-state index in [9.17, 15) is 0 Å². The molecule has 6 atom stereocenters.